The lowest BCUT2D eigenvalue weighted by Gasteiger charge is -2.30. The van der Waals surface area contributed by atoms with Crippen molar-refractivity contribution in [2.24, 2.45) is 5.92 Å². The molecule has 116 valence electrons. The molecular formula is C14H16N4O3S. The van der Waals surface area contributed by atoms with E-state index >= 15 is 0 Å². The summed E-state index contributed by atoms with van der Waals surface area (Å²) in [6.45, 7) is 2.92. The monoisotopic (exact) mass is 320 g/mol. The van der Waals surface area contributed by atoms with Gasteiger partial charge < -0.3 is 14.7 Å². The maximum atomic E-state index is 12.2. The number of likely N-dealkylation sites (tertiary alicyclic amines) is 1. The molecule has 8 heteroatoms. The highest BCUT2D eigenvalue weighted by atomic mass is 32.1. The van der Waals surface area contributed by atoms with Gasteiger partial charge >= 0.3 is 0 Å². The third kappa shape index (κ3) is 3.16. The van der Waals surface area contributed by atoms with Gasteiger partial charge in [0.2, 0.25) is 5.91 Å². The maximum absolute atomic E-state index is 12.2. The Kier molecular flexibility index (Phi) is 4.19. The van der Waals surface area contributed by atoms with Gasteiger partial charge in [-0.1, -0.05) is 5.16 Å². The number of anilines is 1. The normalized spacial score (nSPS) is 15.8. The van der Waals surface area contributed by atoms with Crippen LogP contribution in [0.1, 0.15) is 28.3 Å². The molecule has 0 saturated carbocycles. The number of hydrogen-bond donors (Lipinski definition) is 1. The second-order valence-corrected chi connectivity index (χ2v) is 6.09. The van der Waals surface area contributed by atoms with Crippen molar-refractivity contribution in [3.63, 3.8) is 0 Å². The highest BCUT2D eigenvalue weighted by Crippen LogP contribution is 2.21. The molecule has 7 nitrogen and oxygen atoms in total. The van der Waals surface area contributed by atoms with Crippen LogP contribution in [0.4, 0.5) is 5.82 Å². The Labute approximate surface area is 131 Å². The van der Waals surface area contributed by atoms with Crippen molar-refractivity contribution < 1.29 is 14.1 Å². The van der Waals surface area contributed by atoms with Crippen LogP contribution in [0.3, 0.4) is 0 Å². The van der Waals surface area contributed by atoms with Crippen LogP contribution in [0.25, 0.3) is 0 Å². The number of amides is 2. The minimum absolute atomic E-state index is 0.00603. The van der Waals surface area contributed by atoms with E-state index in [0.29, 0.717) is 42.4 Å². The summed E-state index contributed by atoms with van der Waals surface area (Å²) < 4.78 is 8.86. The zero-order valence-electron chi connectivity index (χ0n) is 12.1. The van der Waals surface area contributed by atoms with Gasteiger partial charge in [0.15, 0.2) is 5.82 Å². The van der Waals surface area contributed by atoms with Crippen LogP contribution in [0.5, 0.6) is 0 Å². The minimum atomic E-state index is -0.109. The number of nitrogens with zero attached hydrogens (tertiary/aromatic N) is 3. The summed E-state index contributed by atoms with van der Waals surface area (Å²) in [5, 5.41) is 6.50. The Morgan fingerprint density at radius 1 is 1.41 bits per heavy atom. The maximum Gasteiger partial charge on any atom is 0.265 e. The number of rotatable bonds is 3. The van der Waals surface area contributed by atoms with Crippen LogP contribution < -0.4 is 5.32 Å². The van der Waals surface area contributed by atoms with Crippen molar-refractivity contribution in [2.75, 3.05) is 18.4 Å². The lowest BCUT2D eigenvalue weighted by molar-refractivity contribution is -0.121. The molecule has 0 spiro atoms. The van der Waals surface area contributed by atoms with Crippen LogP contribution in [-0.2, 0) is 4.79 Å². The highest BCUT2D eigenvalue weighted by Gasteiger charge is 2.28. The standard InChI is InChI=1S/C14H16N4O3S/c1-9-8-12(17-21-9)16-13(19)10-3-6-18(7-4-10)14(20)11-2-5-15-22-11/h2,5,8,10H,3-4,6-7H2,1H3,(H,16,17,19). The van der Waals surface area contributed by atoms with E-state index in [1.54, 1.807) is 30.2 Å². The Morgan fingerprint density at radius 2 is 2.18 bits per heavy atom. The fraction of sp³-hybridized carbons (Fsp3) is 0.429. The summed E-state index contributed by atoms with van der Waals surface area (Å²) in [7, 11) is 0. The first kappa shape index (κ1) is 14.7. The molecule has 1 aliphatic heterocycles. The molecule has 0 bridgehead atoms. The SMILES string of the molecule is Cc1cc(NC(=O)C2CCN(C(=O)c3ccns3)CC2)no1. The predicted octanol–water partition coefficient (Wildman–Crippen LogP) is 1.93. The number of aromatic nitrogens is 2. The number of piperidine rings is 1. The van der Waals surface area contributed by atoms with E-state index in [-0.39, 0.29) is 17.7 Å². The Morgan fingerprint density at radius 3 is 2.77 bits per heavy atom. The van der Waals surface area contributed by atoms with Gasteiger partial charge in [0, 0.05) is 31.3 Å². The van der Waals surface area contributed by atoms with Gasteiger partial charge in [0.05, 0.1) is 0 Å². The molecule has 1 N–H and O–H groups in total. The molecule has 0 aliphatic carbocycles. The molecule has 0 radical (unpaired) electrons. The quantitative estimate of drug-likeness (QED) is 0.933. The molecule has 1 fully saturated rings. The molecule has 22 heavy (non-hydrogen) atoms. The Hall–Kier alpha value is -2.22. The van der Waals surface area contributed by atoms with Gasteiger partial charge in [-0.15, -0.1) is 0 Å². The second kappa shape index (κ2) is 6.27. The minimum Gasteiger partial charge on any atom is -0.360 e. The molecule has 3 heterocycles. The molecule has 0 unspecified atom stereocenters. The van der Waals surface area contributed by atoms with Crippen LogP contribution in [0, 0.1) is 12.8 Å². The Balaban J connectivity index is 1.53. The van der Waals surface area contributed by atoms with E-state index in [4.69, 9.17) is 4.52 Å². The second-order valence-electron chi connectivity index (χ2n) is 5.26. The molecule has 2 aromatic rings. The first-order valence-electron chi connectivity index (χ1n) is 7.07. The van der Waals surface area contributed by atoms with Gasteiger partial charge in [-0.3, -0.25) is 9.59 Å². The summed E-state index contributed by atoms with van der Waals surface area (Å²) >= 11 is 1.20. The largest absolute Gasteiger partial charge is 0.360 e. The molecular weight excluding hydrogens is 304 g/mol. The number of aryl methyl sites for hydroxylation is 1. The third-order valence-corrected chi connectivity index (χ3v) is 4.42. The average molecular weight is 320 g/mol. The number of carbonyl (C=O) groups excluding carboxylic acids is 2. The van der Waals surface area contributed by atoms with Crippen molar-refractivity contribution in [3.8, 4) is 0 Å². The van der Waals surface area contributed by atoms with E-state index in [2.05, 4.69) is 14.8 Å². The fourth-order valence-corrected chi connectivity index (χ4v) is 3.04. The van der Waals surface area contributed by atoms with Gasteiger partial charge in [0.25, 0.3) is 5.91 Å². The van der Waals surface area contributed by atoms with Gasteiger partial charge in [-0.2, -0.15) is 0 Å². The topological polar surface area (TPSA) is 88.3 Å². The third-order valence-electron chi connectivity index (χ3n) is 3.68. The van der Waals surface area contributed by atoms with E-state index in [1.165, 1.54) is 11.5 Å². The Bertz CT molecular complexity index is 659. The van der Waals surface area contributed by atoms with E-state index < -0.39 is 0 Å². The van der Waals surface area contributed by atoms with Crippen molar-refractivity contribution in [1.82, 2.24) is 14.4 Å². The van der Waals surface area contributed by atoms with Gasteiger partial charge in [-0.05, 0) is 37.4 Å². The van der Waals surface area contributed by atoms with E-state index in [0.717, 1.165) is 0 Å². The van der Waals surface area contributed by atoms with E-state index in [1.807, 2.05) is 0 Å². The molecule has 1 saturated heterocycles. The van der Waals surface area contributed by atoms with Crippen molar-refractivity contribution in [1.29, 1.82) is 0 Å². The van der Waals surface area contributed by atoms with Crippen molar-refractivity contribution >= 4 is 29.2 Å². The molecule has 0 aromatic carbocycles. The van der Waals surface area contributed by atoms with Crippen LogP contribution >= 0.6 is 11.5 Å². The summed E-state index contributed by atoms with van der Waals surface area (Å²) in [6, 6.07) is 3.40. The number of hydrogen-bond acceptors (Lipinski definition) is 6. The molecule has 2 amide bonds. The van der Waals surface area contributed by atoms with Crippen LogP contribution in [-0.4, -0.2) is 39.3 Å². The zero-order valence-corrected chi connectivity index (χ0v) is 12.9. The van der Waals surface area contributed by atoms with E-state index in [9.17, 15) is 9.59 Å². The number of carbonyl (C=O) groups is 2. The first-order chi connectivity index (χ1) is 10.6. The van der Waals surface area contributed by atoms with Gasteiger partial charge in [-0.25, -0.2) is 4.37 Å². The number of nitrogens with one attached hydrogen (secondary N) is 1. The predicted molar refractivity (Wildman–Crippen MR) is 80.6 cm³/mol. The molecule has 1 aliphatic rings. The zero-order chi connectivity index (χ0) is 15.5. The van der Waals surface area contributed by atoms with Gasteiger partial charge in [0.1, 0.15) is 10.6 Å². The first-order valence-corrected chi connectivity index (χ1v) is 7.85. The summed E-state index contributed by atoms with van der Waals surface area (Å²) in [5.74, 6) is 0.903. The molecule has 0 atom stereocenters. The average Bonchev–Trinajstić information content (AvgIpc) is 3.18. The van der Waals surface area contributed by atoms with Crippen molar-refractivity contribution in [3.05, 3.63) is 29.0 Å². The lowest BCUT2D eigenvalue weighted by atomic mass is 9.96. The van der Waals surface area contributed by atoms with Crippen molar-refractivity contribution in [2.45, 2.75) is 19.8 Å². The molecule has 3 rings (SSSR count). The van der Waals surface area contributed by atoms with Crippen LogP contribution in [0.2, 0.25) is 0 Å². The fourth-order valence-electron chi connectivity index (χ4n) is 2.48. The summed E-state index contributed by atoms with van der Waals surface area (Å²) in [5.41, 5.74) is 0. The lowest BCUT2D eigenvalue weighted by Crippen LogP contribution is -2.41. The summed E-state index contributed by atoms with van der Waals surface area (Å²) in [4.78, 5) is 26.8. The molecule has 2 aromatic heterocycles. The summed E-state index contributed by atoms with van der Waals surface area (Å²) in [6.07, 6.45) is 2.92. The smallest absolute Gasteiger partial charge is 0.265 e. The van der Waals surface area contributed by atoms with Crippen LogP contribution in [0.15, 0.2) is 22.9 Å². The highest BCUT2D eigenvalue weighted by molar-refractivity contribution is 7.08.